The maximum absolute atomic E-state index is 11.6. The van der Waals surface area contributed by atoms with Gasteiger partial charge in [-0.25, -0.2) is 10.8 Å². The summed E-state index contributed by atoms with van der Waals surface area (Å²) in [5.74, 6) is 5.45. The number of carbonyl (C=O) groups is 1. The van der Waals surface area contributed by atoms with Crippen LogP contribution in [0.2, 0.25) is 0 Å². The molecule has 16 heavy (non-hydrogen) atoms. The van der Waals surface area contributed by atoms with Crippen LogP contribution in [0.25, 0.3) is 0 Å². The minimum Gasteiger partial charge on any atom is -0.289 e. The molecular weight excluding hydrogens is 222 g/mol. The molecule has 1 fully saturated rings. The van der Waals surface area contributed by atoms with E-state index in [0.717, 1.165) is 23.5 Å². The molecule has 1 aliphatic carbocycles. The lowest BCUT2D eigenvalue weighted by molar-refractivity contribution is 0.0956. The van der Waals surface area contributed by atoms with E-state index in [4.69, 9.17) is 5.84 Å². The molecule has 5 heteroatoms. The molecule has 0 bridgehead atoms. The molecule has 1 amide bonds. The van der Waals surface area contributed by atoms with Crippen molar-refractivity contribution in [2.45, 2.75) is 44.9 Å². The number of amides is 1. The second kappa shape index (κ2) is 3.82. The maximum Gasteiger partial charge on any atom is 0.277 e. The maximum atomic E-state index is 11.6. The van der Waals surface area contributed by atoms with Crippen molar-refractivity contribution in [2.75, 3.05) is 0 Å². The Morgan fingerprint density at radius 2 is 2.12 bits per heavy atom. The molecule has 88 valence electrons. The van der Waals surface area contributed by atoms with E-state index in [1.165, 1.54) is 11.3 Å². The molecule has 4 nitrogen and oxygen atoms in total. The zero-order valence-corrected chi connectivity index (χ0v) is 10.6. The van der Waals surface area contributed by atoms with Crippen molar-refractivity contribution in [2.24, 2.45) is 5.84 Å². The van der Waals surface area contributed by atoms with Gasteiger partial charge in [-0.05, 0) is 12.8 Å². The van der Waals surface area contributed by atoms with Crippen LogP contribution >= 0.6 is 11.3 Å². The summed E-state index contributed by atoms with van der Waals surface area (Å²) in [6.45, 7) is 6.31. The number of thiazole rings is 1. The molecule has 0 aliphatic heterocycles. The number of hydrogen-bond acceptors (Lipinski definition) is 4. The smallest absolute Gasteiger partial charge is 0.277 e. The van der Waals surface area contributed by atoms with E-state index in [1.54, 1.807) is 0 Å². The summed E-state index contributed by atoms with van der Waals surface area (Å²) in [6, 6.07) is 0. The van der Waals surface area contributed by atoms with Crippen molar-refractivity contribution in [3.8, 4) is 0 Å². The fourth-order valence-electron chi connectivity index (χ4n) is 1.51. The van der Waals surface area contributed by atoms with E-state index in [-0.39, 0.29) is 11.3 Å². The van der Waals surface area contributed by atoms with Crippen LogP contribution in [0.4, 0.5) is 0 Å². The molecule has 0 spiro atoms. The Hall–Kier alpha value is -0.940. The lowest BCUT2D eigenvalue weighted by Crippen LogP contribution is -2.30. The Morgan fingerprint density at radius 1 is 1.50 bits per heavy atom. The van der Waals surface area contributed by atoms with Crippen LogP contribution in [-0.2, 0) is 5.41 Å². The summed E-state index contributed by atoms with van der Waals surface area (Å²) in [6.07, 6.45) is 2.27. The van der Waals surface area contributed by atoms with Crippen molar-refractivity contribution in [1.29, 1.82) is 0 Å². The van der Waals surface area contributed by atoms with Gasteiger partial charge in [0.1, 0.15) is 4.88 Å². The monoisotopic (exact) mass is 239 g/mol. The zero-order valence-electron chi connectivity index (χ0n) is 9.83. The van der Waals surface area contributed by atoms with Gasteiger partial charge in [0.15, 0.2) is 0 Å². The van der Waals surface area contributed by atoms with Gasteiger partial charge in [-0.2, -0.15) is 0 Å². The summed E-state index contributed by atoms with van der Waals surface area (Å²) in [7, 11) is 0. The van der Waals surface area contributed by atoms with Crippen LogP contribution in [0.1, 0.15) is 59.9 Å². The van der Waals surface area contributed by atoms with Crippen molar-refractivity contribution in [3.63, 3.8) is 0 Å². The van der Waals surface area contributed by atoms with Gasteiger partial charge in [-0.3, -0.25) is 10.2 Å². The van der Waals surface area contributed by atoms with Crippen LogP contribution in [0, 0.1) is 0 Å². The first kappa shape index (κ1) is 11.5. The van der Waals surface area contributed by atoms with Crippen molar-refractivity contribution in [3.05, 3.63) is 15.6 Å². The minimum absolute atomic E-state index is 0.0125. The predicted octanol–water partition coefficient (Wildman–Crippen LogP) is 1.92. The summed E-state index contributed by atoms with van der Waals surface area (Å²) in [5, 5.41) is 1.01. The number of aromatic nitrogens is 1. The first-order chi connectivity index (χ1) is 7.43. The number of nitrogen functional groups attached to an aromatic ring is 1. The lowest BCUT2D eigenvalue weighted by atomic mass is 9.98. The Kier molecular flexibility index (Phi) is 2.75. The van der Waals surface area contributed by atoms with E-state index in [0.29, 0.717) is 10.8 Å². The molecule has 0 aromatic carbocycles. The fourth-order valence-corrected chi connectivity index (χ4v) is 2.63. The third-order valence-corrected chi connectivity index (χ3v) is 4.09. The second-order valence-electron chi connectivity index (χ2n) is 5.23. The third-order valence-electron chi connectivity index (χ3n) is 2.60. The van der Waals surface area contributed by atoms with E-state index in [2.05, 4.69) is 31.2 Å². The molecule has 1 aliphatic rings. The topological polar surface area (TPSA) is 68.0 Å². The largest absolute Gasteiger partial charge is 0.289 e. The SMILES string of the molecule is CC(C)(C)c1nc(C2CC2)c(C(=O)NN)s1. The first-order valence-electron chi connectivity index (χ1n) is 5.45. The van der Waals surface area contributed by atoms with E-state index in [1.807, 2.05) is 0 Å². The van der Waals surface area contributed by atoms with Gasteiger partial charge in [0.05, 0.1) is 10.7 Å². The van der Waals surface area contributed by atoms with Crippen LogP contribution in [0.15, 0.2) is 0 Å². The van der Waals surface area contributed by atoms with Gasteiger partial charge >= 0.3 is 0 Å². The number of hydrogen-bond donors (Lipinski definition) is 2. The minimum atomic E-state index is -0.213. The van der Waals surface area contributed by atoms with Crippen molar-refractivity contribution < 1.29 is 4.79 Å². The number of nitrogens with two attached hydrogens (primary N) is 1. The molecule has 1 heterocycles. The van der Waals surface area contributed by atoms with Crippen LogP contribution in [0.5, 0.6) is 0 Å². The van der Waals surface area contributed by atoms with Gasteiger partial charge in [-0.1, -0.05) is 20.8 Å². The molecule has 0 saturated heterocycles. The first-order valence-corrected chi connectivity index (χ1v) is 6.27. The van der Waals surface area contributed by atoms with Gasteiger partial charge < -0.3 is 0 Å². The molecule has 3 N–H and O–H groups in total. The van der Waals surface area contributed by atoms with Crippen molar-refractivity contribution in [1.82, 2.24) is 10.4 Å². The normalized spacial score (nSPS) is 16.2. The highest BCUT2D eigenvalue weighted by Gasteiger charge is 2.33. The van der Waals surface area contributed by atoms with E-state index >= 15 is 0 Å². The summed E-state index contributed by atoms with van der Waals surface area (Å²) >= 11 is 1.46. The van der Waals surface area contributed by atoms with Gasteiger partial charge in [0.25, 0.3) is 5.91 Å². The highest BCUT2D eigenvalue weighted by molar-refractivity contribution is 7.14. The van der Waals surface area contributed by atoms with E-state index < -0.39 is 0 Å². The summed E-state index contributed by atoms with van der Waals surface area (Å²) < 4.78 is 0. The predicted molar refractivity (Wildman–Crippen MR) is 64.4 cm³/mol. The molecule has 1 aromatic rings. The van der Waals surface area contributed by atoms with E-state index in [9.17, 15) is 4.79 Å². The molecule has 1 aromatic heterocycles. The van der Waals surface area contributed by atoms with Crippen LogP contribution in [-0.4, -0.2) is 10.9 Å². The molecular formula is C11H17N3OS. The Labute approximate surface area is 99.2 Å². The molecule has 0 radical (unpaired) electrons. The van der Waals surface area contributed by atoms with Crippen LogP contribution in [0.3, 0.4) is 0 Å². The van der Waals surface area contributed by atoms with Gasteiger partial charge in [-0.15, -0.1) is 11.3 Å². The highest BCUT2D eigenvalue weighted by Crippen LogP contribution is 2.44. The number of hydrazine groups is 1. The number of carbonyl (C=O) groups excluding carboxylic acids is 1. The molecule has 0 atom stereocenters. The highest BCUT2D eigenvalue weighted by atomic mass is 32.1. The Morgan fingerprint density at radius 3 is 2.56 bits per heavy atom. The standard InChI is InChI=1S/C11H17N3OS/c1-11(2,3)10-13-7(6-4-5-6)8(16-10)9(15)14-12/h6H,4-5,12H2,1-3H3,(H,14,15). The Bertz CT molecular complexity index is 415. The third kappa shape index (κ3) is 2.10. The van der Waals surface area contributed by atoms with Crippen molar-refractivity contribution >= 4 is 17.2 Å². The molecule has 1 saturated carbocycles. The summed E-state index contributed by atoms with van der Waals surface area (Å²) in [4.78, 5) is 16.9. The van der Waals surface area contributed by atoms with Gasteiger partial charge in [0.2, 0.25) is 0 Å². The average Bonchev–Trinajstić information content (AvgIpc) is 2.94. The number of nitrogens with one attached hydrogen (secondary N) is 1. The molecule has 2 rings (SSSR count). The van der Waals surface area contributed by atoms with Gasteiger partial charge in [0, 0.05) is 11.3 Å². The lowest BCUT2D eigenvalue weighted by Gasteiger charge is -2.13. The number of rotatable bonds is 2. The van der Waals surface area contributed by atoms with Crippen LogP contribution < -0.4 is 11.3 Å². The fraction of sp³-hybridized carbons (Fsp3) is 0.636. The quantitative estimate of drug-likeness (QED) is 0.470. The average molecular weight is 239 g/mol. The molecule has 0 unspecified atom stereocenters. The number of nitrogens with zero attached hydrogens (tertiary/aromatic N) is 1. The second-order valence-corrected chi connectivity index (χ2v) is 6.23. The zero-order chi connectivity index (χ0) is 11.9. The Balaban J connectivity index is 2.42. The summed E-state index contributed by atoms with van der Waals surface area (Å²) in [5.41, 5.74) is 3.13.